The molecule has 39 heavy (non-hydrogen) atoms. The minimum absolute atomic E-state index is 0.0767. The summed E-state index contributed by atoms with van der Waals surface area (Å²) in [5, 5.41) is 19.6. The summed E-state index contributed by atoms with van der Waals surface area (Å²) in [7, 11) is 0. The highest BCUT2D eigenvalue weighted by Crippen LogP contribution is 2.39. The molecule has 4 rings (SSSR count). The second kappa shape index (κ2) is 12.2. The van der Waals surface area contributed by atoms with Crippen LogP contribution < -0.4 is 15.4 Å². The zero-order valence-electron chi connectivity index (χ0n) is 21.3. The molecule has 3 N–H and O–H groups in total. The maximum absolute atomic E-state index is 13.0. The Morgan fingerprint density at radius 1 is 1.05 bits per heavy atom. The van der Waals surface area contributed by atoms with Crippen molar-refractivity contribution in [1.29, 1.82) is 0 Å². The largest absolute Gasteiger partial charge is 0.491 e. The Hall–Kier alpha value is -4.67. The van der Waals surface area contributed by atoms with Crippen LogP contribution in [0.25, 0.3) is 22.5 Å². The number of H-pyrrole nitrogens is 1. The van der Waals surface area contributed by atoms with Gasteiger partial charge < -0.3 is 15.4 Å². The predicted octanol–water partition coefficient (Wildman–Crippen LogP) is 6.94. The number of nitrogens with one attached hydrogen (secondary N) is 3. The van der Waals surface area contributed by atoms with Gasteiger partial charge in [0.15, 0.2) is 5.82 Å². The van der Waals surface area contributed by atoms with E-state index in [-0.39, 0.29) is 12.5 Å². The number of halogens is 3. The summed E-state index contributed by atoms with van der Waals surface area (Å²) in [6.07, 6.45) is -2.65. The fraction of sp³-hybridized carbons (Fsp3) is 0.214. The van der Waals surface area contributed by atoms with Gasteiger partial charge in [0, 0.05) is 22.9 Å². The highest BCUT2D eigenvalue weighted by Gasteiger charge is 2.22. The third-order valence-electron chi connectivity index (χ3n) is 5.66. The van der Waals surface area contributed by atoms with Crippen LogP contribution in [0.3, 0.4) is 0 Å². The number of aryl methyl sites for hydroxylation is 1. The van der Waals surface area contributed by atoms with Gasteiger partial charge in [0.05, 0.1) is 12.3 Å². The van der Waals surface area contributed by atoms with E-state index in [9.17, 15) is 18.0 Å². The summed E-state index contributed by atoms with van der Waals surface area (Å²) in [4.78, 5) is 13.0. The first-order valence-corrected chi connectivity index (χ1v) is 12.3. The van der Waals surface area contributed by atoms with E-state index in [1.54, 1.807) is 24.3 Å². The fourth-order valence-electron chi connectivity index (χ4n) is 3.92. The molecule has 8 nitrogen and oxygen atoms in total. The normalized spacial score (nSPS) is 11.5. The Morgan fingerprint density at radius 3 is 2.46 bits per heavy atom. The molecule has 0 fully saturated rings. The summed E-state index contributed by atoms with van der Waals surface area (Å²) >= 11 is 0. The first kappa shape index (κ1) is 27.4. The lowest BCUT2D eigenvalue weighted by atomic mass is 9.95. The van der Waals surface area contributed by atoms with Crippen LogP contribution >= 0.6 is 0 Å². The number of tetrazole rings is 1. The van der Waals surface area contributed by atoms with Crippen LogP contribution in [0.1, 0.15) is 24.5 Å². The number of hydrogen-bond acceptors (Lipinski definition) is 5. The van der Waals surface area contributed by atoms with Crippen LogP contribution in [0.5, 0.6) is 5.75 Å². The predicted molar refractivity (Wildman–Crippen MR) is 144 cm³/mol. The monoisotopic (exact) mass is 536 g/mol. The van der Waals surface area contributed by atoms with E-state index in [2.05, 4.69) is 31.3 Å². The second-order valence-corrected chi connectivity index (χ2v) is 8.75. The molecular weight excluding hydrogens is 509 g/mol. The molecule has 0 bridgehead atoms. The number of nitrogens with zero attached hydrogens (tertiary/aromatic N) is 3. The van der Waals surface area contributed by atoms with Crippen molar-refractivity contribution < 1.29 is 22.7 Å². The van der Waals surface area contributed by atoms with E-state index >= 15 is 0 Å². The van der Waals surface area contributed by atoms with Crippen LogP contribution in [-0.2, 0) is 6.42 Å². The van der Waals surface area contributed by atoms with Gasteiger partial charge in [0.2, 0.25) is 0 Å². The van der Waals surface area contributed by atoms with Crippen LogP contribution in [0.4, 0.5) is 29.3 Å². The van der Waals surface area contributed by atoms with Crippen LogP contribution in [0.15, 0.2) is 72.8 Å². The average Bonchev–Trinajstić information content (AvgIpc) is 3.44. The number of carbonyl (C=O) groups is 1. The Labute approximate surface area is 223 Å². The third kappa shape index (κ3) is 7.44. The van der Waals surface area contributed by atoms with Gasteiger partial charge in [-0.15, -0.1) is 5.10 Å². The Bertz CT molecular complexity index is 1430. The molecule has 0 aliphatic heterocycles. The maximum atomic E-state index is 13.0. The SMILES string of the molecule is CCCOc1c(C/C=C/C(F)(F)F)cc(-c2ccccc2-c2nnn[nH]2)cc1NC(=O)Nc1ccc(C)cc1. The Kier molecular flexibility index (Phi) is 8.60. The second-order valence-electron chi connectivity index (χ2n) is 8.75. The topological polar surface area (TPSA) is 105 Å². The van der Waals surface area contributed by atoms with Crippen molar-refractivity contribution in [3.05, 3.63) is 83.9 Å². The van der Waals surface area contributed by atoms with Gasteiger partial charge in [0.25, 0.3) is 0 Å². The van der Waals surface area contributed by atoms with Gasteiger partial charge in [-0.1, -0.05) is 55.0 Å². The van der Waals surface area contributed by atoms with Crippen LogP contribution in [-0.4, -0.2) is 39.4 Å². The van der Waals surface area contributed by atoms with Crippen molar-refractivity contribution in [2.24, 2.45) is 0 Å². The number of urea groups is 1. The molecule has 0 radical (unpaired) electrons. The number of benzene rings is 3. The average molecular weight is 537 g/mol. The van der Waals surface area contributed by atoms with Crippen molar-refractivity contribution in [2.45, 2.75) is 32.9 Å². The molecular formula is C28H27F3N6O2. The summed E-state index contributed by atoms with van der Waals surface area (Å²) in [5.74, 6) is 0.715. The molecule has 1 aromatic heterocycles. The number of carbonyl (C=O) groups excluding carboxylic acids is 1. The lowest BCUT2D eigenvalue weighted by Gasteiger charge is -2.19. The fourth-order valence-corrected chi connectivity index (χ4v) is 3.92. The molecule has 0 aliphatic carbocycles. The minimum Gasteiger partial charge on any atom is -0.491 e. The highest BCUT2D eigenvalue weighted by atomic mass is 19.4. The summed E-state index contributed by atoms with van der Waals surface area (Å²) in [5.41, 5.74) is 4.43. The lowest BCUT2D eigenvalue weighted by Crippen LogP contribution is -2.20. The van der Waals surface area contributed by atoms with Gasteiger partial charge in [-0.05, 0) is 65.6 Å². The molecule has 0 aliphatic rings. The van der Waals surface area contributed by atoms with Gasteiger partial charge in [-0.2, -0.15) is 13.2 Å². The van der Waals surface area contributed by atoms with Gasteiger partial charge in [-0.25, -0.2) is 9.89 Å². The molecule has 0 saturated heterocycles. The van der Waals surface area contributed by atoms with Crippen LogP contribution in [0.2, 0.25) is 0 Å². The van der Waals surface area contributed by atoms with E-state index < -0.39 is 12.2 Å². The lowest BCUT2D eigenvalue weighted by molar-refractivity contribution is -0.0800. The van der Waals surface area contributed by atoms with E-state index in [0.29, 0.717) is 58.2 Å². The van der Waals surface area contributed by atoms with Crippen molar-refractivity contribution in [2.75, 3.05) is 17.2 Å². The quantitative estimate of drug-likeness (QED) is 0.201. The molecule has 202 valence electrons. The number of aromatic nitrogens is 4. The standard InChI is InChI=1S/C28H27F3N6O2/c1-3-15-39-25-19(7-6-14-28(29,30)31)16-20(22-8-4-5-9-23(22)26-34-36-37-35-26)17-24(25)33-27(38)32-21-12-10-18(2)11-13-21/h4-6,8-14,16-17H,3,7,15H2,1-2H3,(H2,32,33,38)(H,34,35,36,37)/b14-6+. The summed E-state index contributed by atoms with van der Waals surface area (Å²) < 4.78 is 44.6. The van der Waals surface area contributed by atoms with E-state index in [1.807, 2.05) is 50.2 Å². The molecule has 2 amide bonds. The summed E-state index contributed by atoms with van der Waals surface area (Å²) in [6.45, 7) is 4.16. The van der Waals surface area contributed by atoms with Gasteiger partial charge >= 0.3 is 12.2 Å². The van der Waals surface area contributed by atoms with Gasteiger partial charge in [0.1, 0.15) is 5.75 Å². The smallest absolute Gasteiger partial charge is 0.409 e. The molecule has 1 heterocycles. The number of allylic oxidation sites excluding steroid dienone is 2. The molecule has 0 saturated carbocycles. The van der Waals surface area contributed by atoms with Crippen LogP contribution in [0, 0.1) is 6.92 Å². The third-order valence-corrected chi connectivity index (χ3v) is 5.66. The van der Waals surface area contributed by atoms with Crippen molar-refractivity contribution >= 4 is 17.4 Å². The van der Waals surface area contributed by atoms with Crippen molar-refractivity contribution in [3.63, 3.8) is 0 Å². The van der Waals surface area contributed by atoms with E-state index in [0.717, 1.165) is 11.6 Å². The van der Waals surface area contributed by atoms with Crippen molar-refractivity contribution in [3.8, 4) is 28.3 Å². The summed E-state index contributed by atoms with van der Waals surface area (Å²) in [6, 6.07) is 17.5. The number of ether oxygens (including phenoxy) is 1. The molecule has 0 atom stereocenters. The number of alkyl halides is 3. The molecule has 0 unspecified atom stereocenters. The Balaban J connectivity index is 1.79. The van der Waals surface area contributed by atoms with Crippen molar-refractivity contribution in [1.82, 2.24) is 20.6 Å². The first-order valence-electron chi connectivity index (χ1n) is 12.3. The molecule has 0 spiro atoms. The Morgan fingerprint density at radius 2 is 1.79 bits per heavy atom. The number of anilines is 2. The molecule has 4 aromatic rings. The first-order chi connectivity index (χ1) is 18.7. The van der Waals surface area contributed by atoms with Gasteiger partial charge in [-0.3, -0.25) is 0 Å². The highest BCUT2D eigenvalue weighted by molar-refractivity contribution is 6.01. The zero-order valence-corrected chi connectivity index (χ0v) is 21.3. The number of rotatable bonds is 9. The number of amides is 2. The zero-order chi connectivity index (χ0) is 27.8. The maximum Gasteiger partial charge on any atom is 0.409 e. The van der Waals surface area contributed by atoms with E-state index in [1.165, 1.54) is 0 Å². The molecule has 3 aromatic carbocycles. The van der Waals surface area contributed by atoms with E-state index in [4.69, 9.17) is 4.74 Å². The molecule has 11 heteroatoms. The minimum atomic E-state index is -4.46. The number of aromatic amines is 1. The number of hydrogen-bond donors (Lipinski definition) is 3.